The summed E-state index contributed by atoms with van der Waals surface area (Å²) in [6.07, 6.45) is 0. The van der Waals surface area contributed by atoms with Gasteiger partial charge < -0.3 is 5.73 Å². The van der Waals surface area contributed by atoms with E-state index in [9.17, 15) is 0 Å². The third-order valence-electron chi connectivity index (χ3n) is 2.38. The number of nitrogen functional groups attached to an aromatic ring is 1. The molecule has 2 aromatic heterocycles. The fraction of sp³-hybridized carbons (Fsp3) is 0. The second kappa shape index (κ2) is 5.17. The van der Waals surface area contributed by atoms with Gasteiger partial charge in [0.2, 0.25) is 0 Å². The van der Waals surface area contributed by atoms with E-state index in [0.29, 0.717) is 15.1 Å². The topological polar surface area (TPSA) is 51.8 Å². The lowest BCUT2D eigenvalue weighted by molar-refractivity contribution is 1.14. The molecule has 96 valence electrons. The van der Waals surface area contributed by atoms with Gasteiger partial charge in [-0.15, -0.1) is 11.3 Å². The van der Waals surface area contributed by atoms with Gasteiger partial charge in [-0.3, -0.25) is 0 Å². The first-order valence-electron chi connectivity index (χ1n) is 5.28. The van der Waals surface area contributed by atoms with Gasteiger partial charge in [-0.05, 0) is 30.0 Å². The highest BCUT2D eigenvalue weighted by Crippen LogP contribution is 2.38. The number of halogens is 2. The van der Waals surface area contributed by atoms with E-state index in [-0.39, 0.29) is 5.82 Å². The SMILES string of the molecule is Nc1nc(Sc2nc3ccccc3s2)c(Cl)cc1Cl. The summed E-state index contributed by atoms with van der Waals surface area (Å²) in [5.41, 5.74) is 6.65. The molecule has 0 amide bonds. The number of benzene rings is 1. The van der Waals surface area contributed by atoms with Crippen LogP contribution in [0.15, 0.2) is 39.7 Å². The summed E-state index contributed by atoms with van der Waals surface area (Å²) in [5, 5.41) is 1.45. The number of pyridine rings is 1. The minimum absolute atomic E-state index is 0.273. The quantitative estimate of drug-likeness (QED) is 0.739. The largest absolute Gasteiger partial charge is 0.382 e. The van der Waals surface area contributed by atoms with Crippen LogP contribution >= 0.6 is 46.3 Å². The van der Waals surface area contributed by atoms with Crippen LogP contribution in [-0.2, 0) is 0 Å². The van der Waals surface area contributed by atoms with Gasteiger partial charge in [-0.1, -0.05) is 35.3 Å². The van der Waals surface area contributed by atoms with Crippen molar-refractivity contribution in [2.24, 2.45) is 0 Å². The molecule has 0 aliphatic heterocycles. The molecule has 19 heavy (non-hydrogen) atoms. The standard InChI is InChI=1S/C12H7Cl2N3S2/c13-6-5-7(14)11(17-10(6)15)19-12-16-8-3-1-2-4-9(8)18-12/h1-5H,(H2,15,17). The summed E-state index contributed by atoms with van der Waals surface area (Å²) < 4.78 is 2.00. The van der Waals surface area contributed by atoms with Gasteiger partial charge in [0.25, 0.3) is 0 Å². The number of anilines is 1. The molecule has 2 heterocycles. The number of nitrogens with zero attached hydrogens (tertiary/aromatic N) is 2. The molecule has 2 N–H and O–H groups in total. The fourth-order valence-corrected chi connectivity index (χ4v) is 3.97. The molecule has 7 heteroatoms. The van der Waals surface area contributed by atoms with E-state index in [0.717, 1.165) is 14.6 Å². The Bertz CT molecular complexity index is 725. The Hall–Kier alpha value is -1.01. The van der Waals surface area contributed by atoms with Gasteiger partial charge in [-0.25, -0.2) is 9.97 Å². The van der Waals surface area contributed by atoms with Gasteiger partial charge in [0.1, 0.15) is 10.8 Å². The van der Waals surface area contributed by atoms with E-state index >= 15 is 0 Å². The molecular formula is C12H7Cl2N3S2. The first-order chi connectivity index (χ1) is 9.13. The monoisotopic (exact) mass is 327 g/mol. The van der Waals surface area contributed by atoms with Crippen molar-refractivity contribution in [1.82, 2.24) is 9.97 Å². The second-order valence-electron chi connectivity index (χ2n) is 3.69. The number of nitrogens with two attached hydrogens (primary N) is 1. The number of fused-ring (bicyclic) bond motifs is 1. The van der Waals surface area contributed by atoms with E-state index in [1.54, 1.807) is 17.4 Å². The zero-order valence-corrected chi connectivity index (χ0v) is 12.6. The number of aromatic nitrogens is 2. The second-order valence-corrected chi connectivity index (χ2v) is 6.77. The normalized spacial score (nSPS) is 11.1. The van der Waals surface area contributed by atoms with E-state index < -0.39 is 0 Å². The van der Waals surface area contributed by atoms with Crippen molar-refractivity contribution in [3.63, 3.8) is 0 Å². The Morgan fingerprint density at radius 2 is 1.89 bits per heavy atom. The molecule has 0 saturated carbocycles. The van der Waals surface area contributed by atoms with Gasteiger partial charge in [-0.2, -0.15) is 0 Å². The van der Waals surface area contributed by atoms with Crippen LogP contribution in [0.5, 0.6) is 0 Å². The van der Waals surface area contributed by atoms with Crippen molar-refractivity contribution in [2.75, 3.05) is 5.73 Å². The molecule has 0 unspecified atom stereocenters. The Balaban J connectivity index is 1.98. The van der Waals surface area contributed by atoms with Crippen LogP contribution in [-0.4, -0.2) is 9.97 Å². The summed E-state index contributed by atoms with van der Waals surface area (Å²) in [6, 6.07) is 9.55. The first kappa shape index (κ1) is 13.0. The fourth-order valence-electron chi connectivity index (χ4n) is 1.51. The molecule has 0 aliphatic rings. The summed E-state index contributed by atoms with van der Waals surface area (Å²) in [7, 11) is 0. The Labute approximate surface area is 127 Å². The molecule has 1 aromatic carbocycles. The van der Waals surface area contributed by atoms with Crippen LogP contribution in [0, 0.1) is 0 Å². The number of hydrogen-bond donors (Lipinski definition) is 1. The van der Waals surface area contributed by atoms with Crippen molar-refractivity contribution in [3.05, 3.63) is 40.4 Å². The molecule has 0 radical (unpaired) electrons. The first-order valence-corrected chi connectivity index (χ1v) is 7.67. The van der Waals surface area contributed by atoms with Crippen LogP contribution in [0.1, 0.15) is 0 Å². The number of thiazole rings is 1. The van der Waals surface area contributed by atoms with E-state index in [2.05, 4.69) is 9.97 Å². The lowest BCUT2D eigenvalue weighted by Crippen LogP contribution is -1.93. The van der Waals surface area contributed by atoms with Gasteiger partial charge in [0.15, 0.2) is 4.34 Å². The van der Waals surface area contributed by atoms with E-state index in [1.165, 1.54) is 11.8 Å². The van der Waals surface area contributed by atoms with Crippen molar-refractivity contribution < 1.29 is 0 Å². The maximum absolute atomic E-state index is 6.10. The molecule has 3 rings (SSSR count). The van der Waals surface area contributed by atoms with Crippen LogP contribution in [0.3, 0.4) is 0 Å². The molecule has 0 bridgehead atoms. The van der Waals surface area contributed by atoms with E-state index in [1.807, 2.05) is 24.3 Å². The molecule has 0 saturated heterocycles. The van der Waals surface area contributed by atoms with Crippen molar-refractivity contribution in [2.45, 2.75) is 9.37 Å². The number of rotatable bonds is 2. The molecule has 0 atom stereocenters. The summed E-state index contributed by atoms with van der Waals surface area (Å²) in [4.78, 5) is 8.69. The molecule has 3 aromatic rings. The molecule has 3 nitrogen and oxygen atoms in total. The average molecular weight is 328 g/mol. The van der Waals surface area contributed by atoms with E-state index in [4.69, 9.17) is 28.9 Å². The van der Waals surface area contributed by atoms with Crippen LogP contribution < -0.4 is 5.73 Å². The van der Waals surface area contributed by atoms with Crippen LogP contribution in [0.2, 0.25) is 10.0 Å². The maximum Gasteiger partial charge on any atom is 0.157 e. The molecule has 0 aliphatic carbocycles. The third kappa shape index (κ3) is 2.65. The summed E-state index contributed by atoms with van der Waals surface area (Å²) in [6.45, 7) is 0. The number of para-hydroxylation sites is 1. The third-order valence-corrected chi connectivity index (χ3v) is 5.19. The number of hydrogen-bond acceptors (Lipinski definition) is 5. The molecular weight excluding hydrogens is 321 g/mol. The van der Waals surface area contributed by atoms with Gasteiger partial charge in [0.05, 0.1) is 20.3 Å². The highest BCUT2D eigenvalue weighted by molar-refractivity contribution is 8.01. The summed E-state index contributed by atoms with van der Waals surface area (Å²) in [5.74, 6) is 0.273. The minimum atomic E-state index is 0.273. The Kier molecular flexibility index (Phi) is 3.54. The predicted molar refractivity (Wildman–Crippen MR) is 82.4 cm³/mol. The van der Waals surface area contributed by atoms with Gasteiger partial charge >= 0.3 is 0 Å². The predicted octanol–water partition coefficient (Wildman–Crippen LogP) is 4.73. The zero-order valence-electron chi connectivity index (χ0n) is 9.43. The molecule has 0 spiro atoms. The van der Waals surface area contributed by atoms with Gasteiger partial charge in [0, 0.05) is 0 Å². The smallest absolute Gasteiger partial charge is 0.157 e. The highest BCUT2D eigenvalue weighted by atomic mass is 35.5. The van der Waals surface area contributed by atoms with Crippen LogP contribution in [0.25, 0.3) is 10.2 Å². The maximum atomic E-state index is 6.10. The zero-order chi connectivity index (χ0) is 13.4. The van der Waals surface area contributed by atoms with Crippen molar-refractivity contribution in [3.8, 4) is 0 Å². The lowest BCUT2D eigenvalue weighted by Gasteiger charge is -2.03. The molecule has 0 fully saturated rings. The Morgan fingerprint density at radius 1 is 1.11 bits per heavy atom. The Morgan fingerprint density at radius 3 is 2.68 bits per heavy atom. The minimum Gasteiger partial charge on any atom is -0.382 e. The highest BCUT2D eigenvalue weighted by Gasteiger charge is 2.11. The van der Waals surface area contributed by atoms with Crippen molar-refractivity contribution >= 4 is 62.3 Å². The summed E-state index contributed by atoms with van der Waals surface area (Å²) >= 11 is 14.9. The lowest BCUT2D eigenvalue weighted by atomic mass is 10.3. The van der Waals surface area contributed by atoms with Crippen molar-refractivity contribution in [1.29, 1.82) is 0 Å². The van der Waals surface area contributed by atoms with Crippen LogP contribution in [0.4, 0.5) is 5.82 Å². The average Bonchev–Trinajstić information content (AvgIpc) is 2.78.